The normalized spacial score (nSPS) is 13.1. The van der Waals surface area contributed by atoms with Gasteiger partial charge in [0.1, 0.15) is 0 Å². The van der Waals surface area contributed by atoms with Crippen molar-refractivity contribution in [2.75, 3.05) is 0 Å². The Morgan fingerprint density at radius 3 is 2.43 bits per heavy atom. The molecule has 0 radical (unpaired) electrons. The van der Waals surface area contributed by atoms with Gasteiger partial charge in [0, 0.05) is 11.1 Å². The second kappa shape index (κ2) is 6.09. The molecule has 1 N–H and O–H groups in total. The van der Waals surface area contributed by atoms with E-state index in [-0.39, 0.29) is 4.90 Å². The molecular formula is C14H12ClF2NO2S. The topological polar surface area (TPSA) is 46.2 Å². The Morgan fingerprint density at radius 2 is 1.81 bits per heavy atom. The monoisotopic (exact) mass is 331 g/mol. The maximum Gasteiger partial charge on any atom is 0.241 e. The molecule has 0 amide bonds. The van der Waals surface area contributed by atoms with Gasteiger partial charge in [-0.1, -0.05) is 23.7 Å². The summed E-state index contributed by atoms with van der Waals surface area (Å²) >= 11 is 5.85. The van der Waals surface area contributed by atoms with E-state index < -0.39 is 27.7 Å². The van der Waals surface area contributed by atoms with Crippen LogP contribution in [-0.2, 0) is 10.0 Å². The van der Waals surface area contributed by atoms with Crippen molar-refractivity contribution in [1.29, 1.82) is 0 Å². The van der Waals surface area contributed by atoms with Gasteiger partial charge in [-0.15, -0.1) is 0 Å². The van der Waals surface area contributed by atoms with E-state index in [2.05, 4.69) is 4.72 Å². The van der Waals surface area contributed by atoms with Crippen molar-refractivity contribution >= 4 is 21.6 Å². The van der Waals surface area contributed by atoms with Gasteiger partial charge in [0.25, 0.3) is 0 Å². The number of hydrogen-bond acceptors (Lipinski definition) is 2. The fourth-order valence-corrected chi connectivity index (χ4v) is 3.23. The lowest BCUT2D eigenvalue weighted by Gasteiger charge is -2.15. The van der Waals surface area contributed by atoms with Crippen LogP contribution in [0.2, 0.25) is 5.02 Å². The van der Waals surface area contributed by atoms with Crippen molar-refractivity contribution in [3.8, 4) is 0 Å². The Hall–Kier alpha value is -1.50. The summed E-state index contributed by atoms with van der Waals surface area (Å²) in [5, 5.41) is 0.478. The molecule has 112 valence electrons. The molecule has 0 unspecified atom stereocenters. The fraction of sp³-hybridized carbons (Fsp3) is 0.143. The number of halogens is 3. The van der Waals surface area contributed by atoms with Crippen LogP contribution in [0.15, 0.2) is 47.4 Å². The van der Waals surface area contributed by atoms with Crippen LogP contribution in [0.4, 0.5) is 8.78 Å². The summed E-state index contributed by atoms with van der Waals surface area (Å²) in [7, 11) is -3.96. The highest BCUT2D eigenvalue weighted by Crippen LogP contribution is 2.20. The van der Waals surface area contributed by atoms with E-state index in [1.165, 1.54) is 0 Å². The number of hydrogen-bond donors (Lipinski definition) is 1. The summed E-state index contributed by atoms with van der Waals surface area (Å²) in [5.41, 5.74) is 0.661. The molecule has 2 aromatic rings. The average molecular weight is 332 g/mol. The predicted molar refractivity (Wildman–Crippen MR) is 76.5 cm³/mol. The van der Waals surface area contributed by atoms with Crippen LogP contribution in [0.5, 0.6) is 0 Å². The molecule has 2 rings (SSSR count). The summed E-state index contributed by atoms with van der Waals surface area (Å²) in [6.07, 6.45) is 0. The van der Waals surface area contributed by atoms with Crippen LogP contribution in [0, 0.1) is 11.6 Å². The predicted octanol–water partition coefficient (Wildman–Crippen LogP) is 3.66. The lowest BCUT2D eigenvalue weighted by molar-refractivity contribution is 0.503. The Labute approximate surface area is 126 Å². The summed E-state index contributed by atoms with van der Waals surface area (Å²) in [6.45, 7) is 1.63. The molecule has 21 heavy (non-hydrogen) atoms. The van der Waals surface area contributed by atoms with Gasteiger partial charge in [-0.05, 0) is 42.8 Å². The second-order valence-electron chi connectivity index (χ2n) is 4.47. The van der Waals surface area contributed by atoms with E-state index in [9.17, 15) is 17.2 Å². The van der Waals surface area contributed by atoms with Crippen molar-refractivity contribution in [2.24, 2.45) is 0 Å². The quantitative estimate of drug-likeness (QED) is 0.929. The van der Waals surface area contributed by atoms with Crippen molar-refractivity contribution in [3.05, 3.63) is 64.7 Å². The van der Waals surface area contributed by atoms with E-state index in [0.29, 0.717) is 16.7 Å². The minimum absolute atomic E-state index is 0.338. The Kier molecular flexibility index (Phi) is 4.61. The Balaban J connectivity index is 2.26. The molecule has 0 fully saturated rings. The van der Waals surface area contributed by atoms with Gasteiger partial charge in [-0.2, -0.15) is 0 Å². The van der Waals surface area contributed by atoms with Crippen LogP contribution < -0.4 is 4.72 Å². The summed E-state index contributed by atoms with van der Waals surface area (Å²) in [6, 6.07) is 8.55. The van der Waals surface area contributed by atoms with Crippen LogP contribution in [-0.4, -0.2) is 8.42 Å². The lowest BCUT2D eigenvalue weighted by atomic mass is 10.1. The molecule has 0 aliphatic carbocycles. The molecule has 0 aromatic heterocycles. The van der Waals surface area contributed by atoms with Gasteiger partial charge in [0.05, 0.1) is 4.90 Å². The smallest absolute Gasteiger partial charge is 0.207 e. The molecule has 2 aromatic carbocycles. The molecule has 0 saturated heterocycles. The average Bonchev–Trinajstić information content (AvgIpc) is 2.41. The van der Waals surface area contributed by atoms with Gasteiger partial charge in [-0.3, -0.25) is 0 Å². The molecule has 0 aliphatic heterocycles. The number of rotatable bonds is 4. The van der Waals surface area contributed by atoms with E-state index in [4.69, 9.17) is 11.6 Å². The largest absolute Gasteiger partial charge is 0.241 e. The summed E-state index contributed by atoms with van der Waals surface area (Å²) < 4.78 is 52.6. The third kappa shape index (κ3) is 3.78. The highest BCUT2D eigenvalue weighted by Gasteiger charge is 2.20. The van der Waals surface area contributed by atoms with Crippen molar-refractivity contribution in [1.82, 2.24) is 4.72 Å². The maximum absolute atomic E-state index is 13.1. The molecule has 0 aliphatic rings. The molecule has 0 bridgehead atoms. The van der Waals surface area contributed by atoms with Crippen LogP contribution in [0.3, 0.4) is 0 Å². The molecular weight excluding hydrogens is 320 g/mol. The SMILES string of the molecule is C[C@H](NS(=O)(=O)c1ccc(F)c(F)c1)c1cccc(Cl)c1. The van der Waals surface area contributed by atoms with Gasteiger partial charge >= 0.3 is 0 Å². The molecule has 0 saturated carbocycles. The zero-order valence-corrected chi connectivity index (χ0v) is 12.5. The molecule has 0 heterocycles. The van der Waals surface area contributed by atoms with Crippen molar-refractivity contribution in [3.63, 3.8) is 0 Å². The Morgan fingerprint density at radius 1 is 1.10 bits per heavy atom. The fourth-order valence-electron chi connectivity index (χ4n) is 1.79. The first-order valence-corrected chi connectivity index (χ1v) is 7.88. The summed E-state index contributed by atoms with van der Waals surface area (Å²) in [5.74, 6) is -2.31. The third-order valence-corrected chi connectivity index (χ3v) is 4.66. The van der Waals surface area contributed by atoms with E-state index in [1.54, 1.807) is 31.2 Å². The Bertz CT molecular complexity index is 765. The zero-order valence-electron chi connectivity index (χ0n) is 11.0. The number of sulfonamides is 1. The van der Waals surface area contributed by atoms with Gasteiger partial charge in [-0.25, -0.2) is 21.9 Å². The standard InChI is InChI=1S/C14H12ClF2NO2S/c1-9(10-3-2-4-11(15)7-10)18-21(19,20)12-5-6-13(16)14(17)8-12/h2-9,18H,1H3/t9-/m0/s1. The number of benzene rings is 2. The van der Waals surface area contributed by atoms with Gasteiger partial charge in [0.2, 0.25) is 10.0 Å². The van der Waals surface area contributed by atoms with E-state index in [0.717, 1.165) is 12.1 Å². The van der Waals surface area contributed by atoms with E-state index >= 15 is 0 Å². The molecule has 3 nitrogen and oxygen atoms in total. The van der Waals surface area contributed by atoms with Crippen LogP contribution >= 0.6 is 11.6 Å². The maximum atomic E-state index is 13.1. The van der Waals surface area contributed by atoms with Crippen molar-refractivity contribution in [2.45, 2.75) is 17.9 Å². The molecule has 0 spiro atoms. The highest BCUT2D eigenvalue weighted by molar-refractivity contribution is 7.89. The minimum atomic E-state index is -3.96. The number of nitrogens with one attached hydrogen (secondary N) is 1. The molecule has 7 heteroatoms. The van der Waals surface area contributed by atoms with Gasteiger partial charge in [0.15, 0.2) is 11.6 Å². The summed E-state index contributed by atoms with van der Waals surface area (Å²) in [4.78, 5) is -0.338. The molecule has 1 atom stereocenters. The lowest BCUT2D eigenvalue weighted by Crippen LogP contribution is -2.27. The second-order valence-corrected chi connectivity index (χ2v) is 6.62. The van der Waals surface area contributed by atoms with Crippen LogP contribution in [0.1, 0.15) is 18.5 Å². The van der Waals surface area contributed by atoms with Crippen molar-refractivity contribution < 1.29 is 17.2 Å². The van der Waals surface area contributed by atoms with Gasteiger partial charge < -0.3 is 0 Å². The first-order valence-electron chi connectivity index (χ1n) is 6.02. The first kappa shape index (κ1) is 15.9. The van der Waals surface area contributed by atoms with E-state index in [1.807, 2.05) is 0 Å². The third-order valence-electron chi connectivity index (χ3n) is 2.88. The highest BCUT2D eigenvalue weighted by atomic mass is 35.5. The minimum Gasteiger partial charge on any atom is -0.207 e. The first-order chi connectivity index (χ1) is 9.79. The zero-order chi connectivity index (χ0) is 15.6. The van der Waals surface area contributed by atoms with Crippen LogP contribution in [0.25, 0.3) is 0 Å².